The number of hydrogen-bond donors (Lipinski definition) is 0. The van der Waals surface area contributed by atoms with E-state index in [2.05, 4.69) is 10.1 Å². The first-order valence-electron chi connectivity index (χ1n) is 9.61. The zero-order valence-electron chi connectivity index (χ0n) is 15.7. The second-order valence-corrected chi connectivity index (χ2v) is 7.99. The molecule has 1 aliphatic heterocycles. The number of ether oxygens (including phenoxy) is 1. The molecule has 0 saturated carbocycles. The van der Waals surface area contributed by atoms with Crippen LogP contribution in [0, 0.1) is 0 Å². The van der Waals surface area contributed by atoms with Crippen molar-refractivity contribution in [2.45, 2.75) is 25.5 Å². The van der Waals surface area contributed by atoms with Gasteiger partial charge in [-0.2, -0.15) is 5.10 Å². The van der Waals surface area contributed by atoms with E-state index in [9.17, 15) is 4.79 Å². The number of para-hydroxylation sites is 1. The Hall–Kier alpha value is -2.97. The summed E-state index contributed by atoms with van der Waals surface area (Å²) in [4.78, 5) is 19.7. The predicted molar refractivity (Wildman–Crippen MR) is 110 cm³/mol. The summed E-state index contributed by atoms with van der Waals surface area (Å²) in [5.41, 5.74) is 0.886. The molecule has 0 aliphatic carbocycles. The average Bonchev–Trinajstić information content (AvgIpc) is 3.53. The molecule has 0 spiro atoms. The molecule has 5 rings (SSSR count). The summed E-state index contributed by atoms with van der Waals surface area (Å²) in [6.07, 6.45) is 5.54. The number of hydrogen-bond acceptors (Lipinski definition) is 6. The third-order valence-electron chi connectivity index (χ3n) is 4.92. The molecule has 1 atom stereocenters. The van der Waals surface area contributed by atoms with Crippen molar-refractivity contribution in [1.29, 1.82) is 0 Å². The molecule has 0 radical (unpaired) electrons. The molecule has 1 aliphatic rings. The van der Waals surface area contributed by atoms with Crippen molar-refractivity contribution in [3.8, 4) is 0 Å². The molecular formula is C21H20N4O3S. The van der Waals surface area contributed by atoms with Crippen LogP contribution >= 0.6 is 11.3 Å². The number of carbonyl (C=O) groups is 1. The molecule has 1 unspecified atom stereocenters. The molecule has 4 aromatic rings. The Balaban J connectivity index is 1.43. The number of amides is 1. The highest BCUT2D eigenvalue weighted by Crippen LogP contribution is 2.31. The second-order valence-electron chi connectivity index (χ2n) is 6.98. The molecule has 3 aromatic heterocycles. The molecule has 4 heterocycles. The third kappa shape index (κ3) is 3.81. The largest absolute Gasteiger partial charge is 0.454 e. The highest BCUT2D eigenvalue weighted by atomic mass is 32.1. The summed E-state index contributed by atoms with van der Waals surface area (Å²) in [6, 6.07) is 13.3. The fourth-order valence-electron chi connectivity index (χ4n) is 3.48. The number of thiazole rings is 1. The molecule has 1 aromatic carbocycles. The van der Waals surface area contributed by atoms with Crippen LogP contribution in [0.15, 0.2) is 59.3 Å². The van der Waals surface area contributed by atoms with Gasteiger partial charge in [0.1, 0.15) is 5.76 Å². The number of aromatic nitrogens is 3. The Labute approximate surface area is 171 Å². The Bertz CT molecular complexity index is 1080. The van der Waals surface area contributed by atoms with E-state index in [1.807, 2.05) is 42.6 Å². The van der Waals surface area contributed by atoms with Crippen LogP contribution in [0.25, 0.3) is 10.2 Å². The van der Waals surface area contributed by atoms with E-state index >= 15 is 0 Å². The van der Waals surface area contributed by atoms with Gasteiger partial charge >= 0.3 is 0 Å². The topological polar surface area (TPSA) is 73.4 Å². The smallest absolute Gasteiger partial charge is 0.295 e. The van der Waals surface area contributed by atoms with Gasteiger partial charge in [-0.1, -0.05) is 23.5 Å². The summed E-state index contributed by atoms with van der Waals surface area (Å²) >= 11 is 1.50. The van der Waals surface area contributed by atoms with Gasteiger partial charge in [-0.15, -0.1) is 0 Å². The van der Waals surface area contributed by atoms with Gasteiger partial charge in [-0.25, -0.2) is 4.98 Å². The predicted octanol–water partition coefficient (Wildman–Crippen LogP) is 3.96. The summed E-state index contributed by atoms with van der Waals surface area (Å²) in [7, 11) is 0. The van der Waals surface area contributed by atoms with E-state index in [4.69, 9.17) is 9.15 Å². The zero-order chi connectivity index (χ0) is 19.6. The van der Waals surface area contributed by atoms with Crippen molar-refractivity contribution in [3.05, 3.63) is 66.4 Å². The Morgan fingerprint density at radius 1 is 1.24 bits per heavy atom. The second kappa shape index (κ2) is 7.81. The lowest BCUT2D eigenvalue weighted by Gasteiger charge is -2.22. The minimum Gasteiger partial charge on any atom is -0.454 e. The van der Waals surface area contributed by atoms with E-state index in [0.29, 0.717) is 29.7 Å². The van der Waals surface area contributed by atoms with Crippen LogP contribution in [0.5, 0.6) is 0 Å². The van der Waals surface area contributed by atoms with Crippen LogP contribution in [0.3, 0.4) is 0 Å². The van der Waals surface area contributed by atoms with Gasteiger partial charge < -0.3 is 9.15 Å². The summed E-state index contributed by atoms with van der Waals surface area (Å²) in [5.74, 6) is 0.772. The summed E-state index contributed by atoms with van der Waals surface area (Å²) in [5, 5.41) is 4.84. The summed E-state index contributed by atoms with van der Waals surface area (Å²) in [6.45, 7) is 1.68. The third-order valence-corrected chi connectivity index (χ3v) is 5.98. The van der Waals surface area contributed by atoms with Crippen molar-refractivity contribution < 1.29 is 13.9 Å². The lowest BCUT2D eigenvalue weighted by Crippen LogP contribution is -2.37. The van der Waals surface area contributed by atoms with E-state index in [-0.39, 0.29) is 12.0 Å². The fourth-order valence-corrected chi connectivity index (χ4v) is 4.45. The zero-order valence-corrected chi connectivity index (χ0v) is 16.5. The number of furan rings is 1. The van der Waals surface area contributed by atoms with Crippen molar-refractivity contribution in [2.75, 3.05) is 18.1 Å². The highest BCUT2D eigenvalue weighted by Gasteiger charge is 2.28. The van der Waals surface area contributed by atoms with Crippen molar-refractivity contribution in [3.63, 3.8) is 0 Å². The monoisotopic (exact) mass is 408 g/mol. The van der Waals surface area contributed by atoms with Gasteiger partial charge in [-0.3, -0.25) is 14.4 Å². The van der Waals surface area contributed by atoms with Crippen LogP contribution in [0.2, 0.25) is 0 Å². The van der Waals surface area contributed by atoms with Crippen molar-refractivity contribution in [2.24, 2.45) is 0 Å². The van der Waals surface area contributed by atoms with Crippen LogP contribution in [0.1, 0.15) is 29.2 Å². The maximum absolute atomic E-state index is 13.3. The van der Waals surface area contributed by atoms with Crippen LogP contribution in [-0.4, -0.2) is 39.9 Å². The maximum Gasteiger partial charge on any atom is 0.295 e. The number of rotatable bonds is 6. The fraction of sp³-hybridized carbons (Fsp3) is 0.286. The van der Waals surface area contributed by atoms with Crippen molar-refractivity contribution >= 4 is 32.6 Å². The summed E-state index contributed by atoms with van der Waals surface area (Å²) < 4.78 is 14.4. The molecule has 1 saturated heterocycles. The van der Waals surface area contributed by atoms with Crippen molar-refractivity contribution in [1.82, 2.24) is 14.8 Å². The van der Waals surface area contributed by atoms with Gasteiger partial charge in [0, 0.05) is 19.0 Å². The first kappa shape index (κ1) is 18.1. The van der Waals surface area contributed by atoms with E-state index in [0.717, 1.165) is 29.7 Å². The van der Waals surface area contributed by atoms with E-state index in [1.165, 1.54) is 11.3 Å². The highest BCUT2D eigenvalue weighted by molar-refractivity contribution is 7.22. The van der Waals surface area contributed by atoms with Crippen LogP contribution in [-0.2, 0) is 11.3 Å². The van der Waals surface area contributed by atoms with Gasteiger partial charge in [0.15, 0.2) is 10.9 Å². The van der Waals surface area contributed by atoms with E-state index in [1.54, 1.807) is 21.8 Å². The Morgan fingerprint density at radius 2 is 2.17 bits per heavy atom. The lowest BCUT2D eigenvalue weighted by molar-refractivity contribution is 0.0893. The Kier molecular flexibility index (Phi) is 4.87. The Morgan fingerprint density at radius 3 is 2.97 bits per heavy atom. The number of fused-ring (bicyclic) bond motifs is 1. The first-order valence-corrected chi connectivity index (χ1v) is 10.4. The normalized spacial score (nSPS) is 16.5. The molecule has 0 bridgehead atoms. The number of anilines is 1. The average molecular weight is 408 g/mol. The number of nitrogens with zero attached hydrogens (tertiary/aromatic N) is 4. The molecule has 1 fully saturated rings. The molecule has 8 heteroatoms. The standard InChI is InChI=1S/C21H20N4O3S/c26-20(18-9-8-16(28-18)13-24-11-4-10-22-24)25(14-15-5-3-12-27-15)21-23-17-6-1-2-7-19(17)29-21/h1-2,4,6-11,15H,3,5,12-14H2. The SMILES string of the molecule is O=C(c1ccc(Cn2cccn2)o1)N(CC1CCCO1)c1nc2ccccc2s1. The molecule has 7 nitrogen and oxygen atoms in total. The number of benzene rings is 1. The lowest BCUT2D eigenvalue weighted by atomic mass is 10.2. The van der Waals surface area contributed by atoms with Crippen LogP contribution in [0.4, 0.5) is 5.13 Å². The molecule has 29 heavy (non-hydrogen) atoms. The van der Waals surface area contributed by atoms with E-state index < -0.39 is 0 Å². The van der Waals surface area contributed by atoms with Gasteiger partial charge in [0.05, 0.1) is 29.4 Å². The van der Waals surface area contributed by atoms with Gasteiger partial charge in [0.25, 0.3) is 5.91 Å². The minimum atomic E-state index is -0.203. The van der Waals surface area contributed by atoms with Gasteiger partial charge in [0.2, 0.25) is 0 Å². The minimum absolute atomic E-state index is 0.0180. The molecular weight excluding hydrogens is 388 g/mol. The molecule has 0 N–H and O–H groups in total. The van der Waals surface area contributed by atoms with Crippen LogP contribution < -0.4 is 4.90 Å². The molecule has 1 amide bonds. The quantitative estimate of drug-likeness (QED) is 0.483. The number of carbonyl (C=O) groups excluding carboxylic acids is 1. The molecule has 148 valence electrons. The van der Waals surface area contributed by atoms with Gasteiger partial charge in [-0.05, 0) is 43.2 Å². The first-order chi connectivity index (χ1) is 14.3. The maximum atomic E-state index is 13.3.